The fourth-order valence-corrected chi connectivity index (χ4v) is 3.97. The Bertz CT molecular complexity index is 947. The maximum Gasteiger partial charge on any atom is 0.272 e. The first-order valence-corrected chi connectivity index (χ1v) is 9.74. The molecule has 0 saturated carbocycles. The van der Waals surface area contributed by atoms with Gasteiger partial charge in [0.2, 0.25) is 0 Å². The molecule has 4 heterocycles. The molecular formula is C19H26N8O. The molecule has 3 aromatic heterocycles. The third kappa shape index (κ3) is 3.44. The van der Waals surface area contributed by atoms with E-state index in [0.717, 1.165) is 49.8 Å². The molecule has 1 aliphatic rings. The lowest BCUT2D eigenvalue weighted by molar-refractivity contribution is 0.0699. The van der Waals surface area contributed by atoms with Crippen LogP contribution in [-0.2, 0) is 20.1 Å². The SMILES string of the molecule is CCn1c(Cn2ccnc2)nnc1C1CCN(C(=O)c2cc(C)nn2C)CC1. The van der Waals surface area contributed by atoms with Gasteiger partial charge < -0.3 is 14.0 Å². The van der Waals surface area contributed by atoms with Gasteiger partial charge in [-0.25, -0.2) is 4.98 Å². The number of rotatable bonds is 5. The largest absolute Gasteiger partial charge is 0.337 e. The summed E-state index contributed by atoms with van der Waals surface area (Å²) in [6, 6.07) is 1.85. The van der Waals surface area contributed by atoms with Crippen molar-refractivity contribution in [1.29, 1.82) is 0 Å². The summed E-state index contributed by atoms with van der Waals surface area (Å²) in [4.78, 5) is 18.8. The van der Waals surface area contributed by atoms with E-state index in [2.05, 4.69) is 31.8 Å². The van der Waals surface area contributed by atoms with Crippen LogP contribution in [0.1, 0.15) is 53.5 Å². The van der Waals surface area contributed by atoms with E-state index < -0.39 is 0 Å². The van der Waals surface area contributed by atoms with E-state index >= 15 is 0 Å². The van der Waals surface area contributed by atoms with Crippen LogP contribution >= 0.6 is 0 Å². The lowest BCUT2D eigenvalue weighted by Crippen LogP contribution is -2.39. The summed E-state index contributed by atoms with van der Waals surface area (Å²) in [6.07, 6.45) is 7.28. The molecule has 0 unspecified atom stereocenters. The maximum absolute atomic E-state index is 12.8. The van der Waals surface area contributed by atoms with E-state index in [1.165, 1.54) is 0 Å². The Morgan fingerprint density at radius 3 is 2.64 bits per heavy atom. The Kier molecular flexibility index (Phi) is 4.97. The zero-order valence-electron chi connectivity index (χ0n) is 16.6. The summed E-state index contributed by atoms with van der Waals surface area (Å²) in [5.41, 5.74) is 1.51. The number of piperidine rings is 1. The monoisotopic (exact) mass is 382 g/mol. The minimum atomic E-state index is 0.0549. The molecule has 1 amide bonds. The van der Waals surface area contributed by atoms with Crippen molar-refractivity contribution in [3.8, 4) is 0 Å². The van der Waals surface area contributed by atoms with Gasteiger partial charge in [-0.1, -0.05) is 0 Å². The zero-order valence-corrected chi connectivity index (χ0v) is 16.6. The normalized spacial score (nSPS) is 15.3. The fraction of sp³-hybridized carbons (Fsp3) is 0.526. The van der Waals surface area contributed by atoms with Gasteiger partial charge in [0.05, 0.1) is 18.6 Å². The van der Waals surface area contributed by atoms with Gasteiger partial charge in [0.1, 0.15) is 11.5 Å². The predicted octanol–water partition coefficient (Wildman–Crippen LogP) is 1.60. The van der Waals surface area contributed by atoms with Crippen LogP contribution in [0.15, 0.2) is 24.8 Å². The van der Waals surface area contributed by atoms with Gasteiger partial charge in [0, 0.05) is 45.0 Å². The van der Waals surface area contributed by atoms with Crippen molar-refractivity contribution < 1.29 is 4.79 Å². The molecule has 0 aliphatic carbocycles. The molecule has 9 heteroatoms. The van der Waals surface area contributed by atoms with Crippen molar-refractivity contribution >= 4 is 5.91 Å². The van der Waals surface area contributed by atoms with Crippen molar-refractivity contribution in [2.75, 3.05) is 13.1 Å². The van der Waals surface area contributed by atoms with E-state index in [-0.39, 0.29) is 5.91 Å². The fourth-order valence-electron chi connectivity index (χ4n) is 3.97. The molecule has 0 atom stereocenters. The van der Waals surface area contributed by atoms with Gasteiger partial charge in [-0.15, -0.1) is 10.2 Å². The number of amides is 1. The summed E-state index contributed by atoms with van der Waals surface area (Å²) in [5.74, 6) is 2.35. The molecule has 148 valence electrons. The number of imidazole rings is 1. The van der Waals surface area contributed by atoms with E-state index in [9.17, 15) is 4.79 Å². The first-order chi connectivity index (χ1) is 13.6. The molecule has 0 spiro atoms. The first-order valence-electron chi connectivity index (χ1n) is 9.74. The lowest BCUT2D eigenvalue weighted by atomic mass is 9.95. The number of hydrogen-bond acceptors (Lipinski definition) is 5. The second kappa shape index (κ2) is 7.57. The molecule has 28 heavy (non-hydrogen) atoms. The Morgan fingerprint density at radius 2 is 2.04 bits per heavy atom. The smallest absolute Gasteiger partial charge is 0.272 e. The van der Waals surface area contributed by atoms with Gasteiger partial charge in [-0.05, 0) is 32.8 Å². The minimum absolute atomic E-state index is 0.0549. The lowest BCUT2D eigenvalue weighted by Gasteiger charge is -2.31. The zero-order chi connectivity index (χ0) is 19.7. The van der Waals surface area contributed by atoms with Crippen molar-refractivity contribution in [2.45, 2.75) is 45.7 Å². The third-order valence-electron chi connectivity index (χ3n) is 5.42. The molecular weight excluding hydrogens is 356 g/mol. The Morgan fingerprint density at radius 1 is 1.25 bits per heavy atom. The maximum atomic E-state index is 12.8. The van der Waals surface area contributed by atoms with Crippen LogP contribution in [0.3, 0.4) is 0 Å². The molecule has 0 bridgehead atoms. The molecule has 1 fully saturated rings. The number of aryl methyl sites for hydroxylation is 2. The van der Waals surface area contributed by atoms with Crippen molar-refractivity contribution in [3.05, 3.63) is 47.8 Å². The highest BCUT2D eigenvalue weighted by Gasteiger charge is 2.29. The summed E-state index contributed by atoms with van der Waals surface area (Å²) in [6.45, 7) is 6.97. The van der Waals surface area contributed by atoms with Crippen LogP contribution in [-0.4, -0.2) is 58.0 Å². The number of carbonyl (C=O) groups excluding carboxylic acids is 1. The highest BCUT2D eigenvalue weighted by atomic mass is 16.2. The van der Waals surface area contributed by atoms with E-state index in [4.69, 9.17) is 0 Å². The standard InChI is InChI=1S/C19H26N8O/c1-4-27-17(12-25-10-7-20-13-25)21-22-18(27)15-5-8-26(9-6-15)19(28)16-11-14(2)23-24(16)3/h7,10-11,13,15H,4-6,8-9,12H2,1-3H3. The quantitative estimate of drug-likeness (QED) is 0.669. The molecule has 0 aromatic carbocycles. The third-order valence-corrected chi connectivity index (χ3v) is 5.42. The summed E-state index contributed by atoms with van der Waals surface area (Å²) >= 11 is 0. The highest BCUT2D eigenvalue weighted by Crippen LogP contribution is 2.28. The van der Waals surface area contributed by atoms with Crippen molar-refractivity contribution in [2.24, 2.45) is 7.05 Å². The first kappa shape index (κ1) is 18.4. The summed E-state index contributed by atoms with van der Waals surface area (Å²) < 4.78 is 5.86. The van der Waals surface area contributed by atoms with E-state index in [1.54, 1.807) is 17.2 Å². The second-order valence-corrected chi connectivity index (χ2v) is 7.31. The van der Waals surface area contributed by atoms with Gasteiger partial charge in [-0.2, -0.15) is 5.10 Å². The predicted molar refractivity (Wildman–Crippen MR) is 103 cm³/mol. The van der Waals surface area contributed by atoms with Crippen LogP contribution in [0.5, 0.6) is 0 Å². The molecule has 0 N–H and O–H groups in total. The average Bonchev–Trinajstić information content (AvgIpc) is 3.42. The van der Waals surface area contributed by atoms with Crippen LogP contribution in [0.4, 0.5) is 0 Å². The van der Waals surface area contributed by atoms with Gasteiger partial charge in [-0.3, -0.25) is 9.48 Å². The number of hydrogen-bond donors (Lipinski definition) is 0. The molecule has 1 saturated heterocycles. The van der Waals surface area contributed by atoms with Crippen LogP contribution in [0.2, 0.25) is 0 Å². The molecule has 0 radical (unpaired) electrons. The number of likely N-dealkylation sites (tertiary alicyclic amines) is 1. The van der Waals surface area contributed by atoms with E-state index in [1.807, 2.05) is 35.7 Å². The van der Waals surface area contributed by atoms with Gasteiger partial charge in [0.15, 0.2) is 5.82 Å². The molecule has 3 aromatic rings. The summed E-state index contributed by atoms with van der Waals surface area (Å²) in [7, 11) is 1.82. The summed E-state index contributed by atoms with van der Waals surface area (Å²) in [5, 5.41) is 13.2. The van der Waals surface area contributed by atoms with Crippen LogP contribution in [0.25, 0.3) is 0 Å². The molecule has 1 aliphatic heterocycles. The Labute approximate surface area is 164 Å². The minimum Gasteiger partial charge on any atom is -0.337 e. The Balaban J connectivity index is 1.44. The van der Waals surface area contributed by atoms with Crippen molar-refractivity contribution in [1.82, 2.24) is 39.0 Å². The van der Waals surface area contributed by atoms with E-state index in [0.29, 0.717) is 18.2 Å². The Hall–Kier alpha value is -2.97. The van der Waals surface area contributed by atoms with Crippen LogP contribution in [0, 0.1) is 6.92 Å². The van der Waals surface area contributed by atoms with Crippen molar-refractivity contribution in [3.63, 3.8) is 0 Å². The van der Waals surface area contributed by atoms with Crippen LogP contribution < -0.4 is 0 Å². The van der Waals surface area contributed by atoms with Gasteiger partial charge >= 0.3 is 0 Å². The highest BCUT2D eigenvalue weighted by molar-refractivity contribution is 5.92. The second-order valence-electron chi connectivity index (χ2n) is 7.31. The van der Waals surface area contributed by atoms with Gasteiger partial charge in [0.25, 0.3) is 5.91 Å². The number of aromatic nitrogens is 7. The number of carbonyl (C=O) groups is 1. The average molecular weight is 382 g/mol. The number of nitrogens with zero attached hydrogens (tertiary/aromatic N) is 8. The molecule has 4 rings (SSSR count). The molecule has 9 nitrogen and oxygen atoms in total. The topological polar surface area (TPSA) is 86.7 Å².